The van der Waals surface area contributed by atoms with Gasteiger partial charge in [0.25, 0.3) is 0 Å². The lowest BCUT2D eigenvalue weighted by Gasteiger charge is -2.10. The van der Waals surface area contributed by atoms with Crippen molar-refractivity contribution in [1.29, 1.82) is 0 Å². The van der Waals surface area contributed by atoms with Crippen molar-refractivity contribution in [1.82, 2.24) is 15.6 Å². The summed E-state index contributed by atoms with van der Waals surface area (Å²) in [5, 5.41) is 6.75. The van der Waals surface area contributed by atoms with Crippen LogP contribution in [-0.4, -0.2) is 44.0 Å². The number of hydrogen-bond donors (Lipinski definition) is 3. The monoisotopic (exact) mass is 335 g/mol. The van der Waals surface area contributed by atoms with Crippen LogP contribution in [0.5, 0.6) is 0 Å². The van der Waals surface area contributed by atoms with Gasteiger partial charge in [-0.25, -0.2) is 13.2 Å². The third-order valence-corrected chi connectivity index (χ3v) is 6.07. The van der Waals surface area contributed by atoms with Gasteiger partial charge in [0, 0.05) is 30.2 Å². The lowest BCUT2D eigenvalue weighted by molar-refractivity contribution is 0.239. The average molecular weight is 335 g/mol. The van der Waals surface area contributed by atoms with Gasteiger partial charge in [0.05, 0.1) is 11.5 Å². The first-order valence-electron chi connectivity index (χ1n) is 7.80. The predicted molar refractivity (Wildman–Crippen MR) is 90.2 cm³/mol. The zero-order chi connectivity index (χ0) is 16.3. The van der Waals surface area contributed by atoms with Crippen LogP contribution in [0.15, 0.2) is 30.5 Å². The van der Waals surface area contributed by atoms with Crippen LogP contribution in [0, 0.1) is 5.92 Å². The molecule has 2 amide bonds. The summed E-state index contributed by atoms with van der Waals surface area (Å²) in [6.45, 7) is 0.953. The van der Waals surface area contributed by atoms with Crippen LogP contribution in [-0.2, 0) is 16.3 Å². The normalized spacial score (nSPS) is 19.7. The van der Waals surface area contributed by atoms with E-state index in [0.29, 0.717) is 19.5 Å². The van der Waals surface area contributed by atoms with Gasteiger partial charge < -0.3 is 15.6 Å². The van der Waals surface area contributed by atoms with Crippen LogP contribution in [0.4, 0.5) is 4.79 Å². The summed E-state index contributed by atoms with van der Waals surface area (Å²) in [5.74, 6) is 0.462. The van der Waals surface area contributed by atoms with Crippen LogP contribution in [0.25, 0.3) is 10.9 Å². The minimum Gasteiger partial charge on any atom is -0.361 e. The van der Waals surface area contributed by atoms with E-state index in [1.165, 1.54) is 10.9 Å². The van der Waals surface area contributed by atoms with Crippen LogP contribution in [0.3, 0.4) is 0 Å². The number of amides is 2. The second-order valence-corrected chi connectivity index (χ2v) is 8.24. The van der Waals surface area contributed by atoms with Gasteiger partial charge in [0.1, 0.15) is 0 Å². The first-order chi connectivity index (χ1) is 11.0. The molecule has 3 N–H and O–H groups in total. The summed E-state index contributed by atoms with van der Waals surface area (Å²) in [7, 11) is -2.89. The number of para-hydroxylation sites is 1. The molecule has 1 saturated heterocycles. The molecule has 0 radical (unpaired) electrons. The highest BCUT2D eigenvalue weighted by Gasteiger charge is 2.27. The van der Waals surface area contributed by atoms with Crippen LogP contribution in [0.2, 0.25) is 0 Å². The molecule has 1 unspecified atom stereocenters. The molecule has 1 aromatic carbocycles. The molecule has 1 atom stereocenters. The molecule has 1 aliphatic rings. The Morgan fingerprint density at radius 2 is 2.09 bits per heavy atom. The molecule has 2 heterocycles. The van der Waals surface area contributed by atoms with Crippen molar-refractivity contribution in [2.24, 2.45) is 5.92 Å². The summed E-state index contributed by atoms with van der Waals surface area (Å²) >= 11 is 0. The number of benzene rings is 1. The fraction of sp³-hybridized carbons (Fsp3) is 0.438. The van der Waals surface area contributed by atoms with E-state index in [4.69, 9.17) is 0 Å². The van der Waals surface area contributed by atoms with E-state index in [9.17, 15) is 13.2 Å². The molecule has 0 aliphatic carbocycles. The van der Waals surface area contributed by atoms with E-state index in [1.54, 1.807) is 0 Å². The summed E-state index contributed by atoms with van der Waals surface area (Å²) in [6, 6.07) is 7.82. The third-order valence-electron chi connectivity index (χ3n) is 4.23. The highest BCUT2D eigenvalue weighted by Crippen LogP contribution is 2.18. The fourth-order valence-electron chi connectivity index (χ4n) is 2.98. The summed E-state index contributed by atoms with van der Waals surface area (Å²) in [5.41, 5.74) is 2.26. The third kappa shape index (κ3) is 4.04. The molecule has 3 rings (SSSR count). The minimum absolute atomic E-state index is 0.0411. The molecular weight excluding hydrogens is 314 g/mol. The number of fused-ring (bicyclic) bond motifs is 1. The highest BCUT2D eigenvalue weighted by atomic mass is 32.2. The van der Waals surface area contributed by atoms with Gasteiger partial charge in [-0.2, -0.15) is 0 Å². The molecule has 1 aliphatic heterocycles. The van der Waals surface area contributed by atoms with E-state index < -0.39 is 9.84 Å². The molecule has 1 aromatic heterocycles. The van der Waals surface area contributed by atoms with Crippen LogP contribution >= 0.6 is 0 Å². The Bertz CT molecular complexity index is 798. The van der Waals surface area contributed by atoms with E-state index in [-0.39, 0.29) is 23.5 Å². The van der Waals surface area contributed by atoms with E-state index in [2.05, 4.69) is 21.7 Å². The van der Waals surface area contributed by atoms with Crippen molar-refractivity contribution >= 4 is 26.8 Å². The summed E-state index contributed by atoms with van der Waals surface area (Å²) in [4.78, 5) is 15.0. The molecule has 1 fully saturated rings. The maximum absolute atomic E-state index is 11.8. The molecule has 0 bridgehead atoms. The number of nitrogens with one attached hydrogen (secondary N) is 3. The zero-order valence-corrected chi connectivity index (χ0v) is 13.7. The number of carbonyl (C=O) groups is 1. The second-order valence-electron chi connectivity index (χ2n) is 6.02. The largest absolute Gasteiger partial charge is 0.361 e. The lowest BCUT2D eigenvalue weighted by atomic mass is 10.1. The maximum Gasteiger partial charge on any atom is 0.314 e. The Morgan fingerprint density at radius 3 is 2.87 bits per heavy atom. The van der Waals surface area contributed by atoms with Crippen LogP contribution < -0.4 is 10.6 Å². The molecule has 6 nitrogen and oxygen atoms in total. The van der Waals surface area contributed by atoms with Gasteiger partial charge in [-0.3, -0.25) is 0 Å². The Balaban J connectivity index is 1.41. The van der Waals surface area contributed by atoms with Gasteiger partial charge in [0.15, 0.2) is 9.84 Å². The smallest absolute Gasteiger partial charge is 0.314 e. The highest BCUT2D eigenvalue weighted by molar-refractivity contribution is 7.91. The molecule has 2 aromatic rings. The standard InChI is InChI=1S/C16H21N3O3S/c20-16(19-9-12-6-8-23(21,22)11-12)17-7-5-13-10-18-15-4-2-1-3-14(13)15/h1-4,10,12,18H,5-9,11H2,(H2,17,19,20). The number of aromatic amines is 1. The lowest BCUT2D eigenvalue weighted by Crippen LogP contribution is -2.39. The number of hydrogen-bond acceptors (Lipinski definition) is 3. The van der Waals surface area contributed by atoms with Crippen LogP contribution in [0.1, 0.15) is 12.0 Å². The number of rotatable bonds is 5. The molecule has 0 spiro atoms. The molecule has 23 heavy (non-hydrogen) atoms. The van der Waals surface area contributed by atoms with Gasteiger partial charge in [-0.15, -0.1) is 0 Å². The van der Waals surface area contributed by atoms with Gasteiger partial charge in [-0.05, 0) is 30.4 Å². The average Bonchev–Trinajstić information content (AvgIpc) is 3.09. The minimum atomic E-state index is -2.89. The molecule has 124 valence electrons. The molecule has 0 saturated carbocycles. The van der Waals surface area contributed by atoms with Crippen molar-refractivity contribution in [2.75, 3.05) is 24.6 Å². The van der Waals surface area contributed by atoms with E-state index in [1.807, 2.05) is 24.4 Å². The van der Waals surface area contributed by atoms with Gasteiger partial charge in [-0.1, -0.05) is 18.2 Å². The fourth-order valence-corrected chi connectivity index (χ4v) is 4.84. The van der Waals surface area contributed by atoms with Crippen molar-refractivity contribution in [3.05, 3.63) is 36.0 Å². The maximum atomic E-state index is 11.8. The number of H-pyrrole nitrogens is 1. The number of aromatic nitrogens is 1. The van der Waals surface area contributed by atoms with Crippen molar-refractivity contribution in [3.8, 4) is 0 Å². The quantitative estimate of drug-likeness (QED) is 0.772. The Kier molecular flexibility index (Phi) is 4.56. The first kappa shape index (κ1) is 15.9. The predicted octanol–water partition coefficient (Wildman–Crippen LogP) is 1.44. The van der Waals surface area contributed by atoms with Crippen molar-refractivity contribution in [2.45, 2.75) is 12.8 Å². The number of sulfone groups is 1. The SMILES string of the molecule is O=C(NCCc1c[nH]c2ccccc12)NCC1CCS(=O)(=O)C1. The second kappa shape index (κ2) is 6.62. The molecular formula is C16H21N3O3S. The Morgan fingerprint density at radius 1 is 1.26 bits per heavy atom. The van der Waals surface area contributed by atoms with Gasteiger partial charge >= 0.3 is 6.03 Å². The Labute approximate surface area is 135 Å². The summed E-state index contributed by atoms with van der Waals surface area (Å²) in [6.07, 6.45) is 3.35. The van der Waals surface area contributed by atoms with E-state index >= 15 is 0 Å². The van der Waals surface area contributed by atoms with E-state index in [0.717, 1.165) is 11.9 Å². The van der Waals surface area contributed by atoms with Gasteiger partial charge in [0.2, 0.25) is 0 Å². The zero-order valence-electron chi connectivity index (χ0n) is 12.8. The molecule has 7 heteroatoms. The first-order valence-corrected chi connectivity index (χ1v) is 9.63. The van der Waals surface area contributed by atoms with Crippen molar-refractivity contribution < 1.29 is 13.2 Å². The Hall–Kier alpha value is -2.02. The van der Waals surface area contributed by atoms with Crippen molar-refractivity contribution in [3.63, 3.8) is 0 Å². The number of carbonyl (C=O) groups excluding carboxylic acids is 1. The number of urea groups is 1. The summed E-state index contributed by atoms with van der Waals surface area (Å²) < 4.78 is 22.7. The topological polar surface area (TPSA) is 91.1 Å².